The summed E-state index contributed by atoms with van der Waals surface area (Å²) in [6.07, 6.45) is 3.56. The van der Waals surface area contributed by atoms with Crippen LogP contribution in [0, 0.1) is 5.92 Å². The number of halogens is 1. The van der Waals surface area contributed by atoms with Gasteiger partial charge in [-0.25, -0.2) is 19.2 Å². The van der Waals surface area contributed by atoms with Crippen molar-refractivity contribution in [1.82, 2.24) is 30.2 Å². The molecule has 1 aliphatic carbocycles. The molecule has 25 nitrogen and oxygen atoms in total. The number of imide groups is 1. The second-order valence-electron chi connectivity index (χ2n) is 22.0. The van der Waals surface area contributed by atoms with Crippen LogP contribution in [0.5, 0.6) is 5.75 Å². The van der Waals surface area contributed by atoms with Gasteiger partial charge in [-0.1, -0.05) is 48.4 Å². The Balaban J connectivity index is 0.985. The van der Waals surface area contributed by atoms with Crippen LogP contribution in [-0.4, -0.2) is 220 Å². The molecule has 4 aliphatic heterocycles. The lowest BCUT2D eigenvalue weighted by molar-refractivity contribution is -0.162. The molecule has 0 spiro atoms. The quantitative estimate of drug-likeness (QED) is 0.0402. The van der Waals surface area contributed by atoms with Crippen molar-refractivity contribution in [2.24, 2.45) is 5.92 Å². The van der Waals surface area contributed by atoms with E-state index in [4.69, 9.17) is 49.5 Å². The number of hydrogen-bond donors (Lipinski definition) is 4. The van der Waals surface area contributed by atoms with Crippen molar-refractivity contribution in [3.8, 4) is 5.75 Å². The van der Waals surface area contributed by atoms with Gasteiger partial charge in [0.25, 0.3) is 0 Å². The number of aliphatic hydroxyl groups is 1. The molecule has 464 valence electrons. The first-order valence-corrected chi connectivity index (χ1v) is 28.8. The standard InChI is InChI=1S/C57H80ClN7O18S/c1-33-14-11-19-43(77-10)57(75)31-41(81-53(72)60-57)34(2)50-56(4,83-50)44(30-47(68)64(8)39-27-36(26-33)28-40(76-9)49(39)58)82-52(71)35(3)63(7)46(67)20-25-78-54(73)61(5)23-24-62(6)55(74)80-38-17-12-15-37(16-13-18-38)79-32-45(66)59-21-22-65-48(69)29-42(84)51(65)70/h11-12,14,17,19,27-28,34-35,37-38,41-44,50,75,84H,13,15-16,18,20-26,29-32H2,1-10H3,(H,59,66)(H,60,72)/b17-12+,19-11+,33-14+/t34-,35+,37?,38?,41+,42?,43-,44+,50+,56+,57+/m1/s1. The molecule has 8 amide bonds. The molecule has 0 radical (unpaired) electrons. The summed E-state index contributed by atoms with van der Waals surface area (Å²) in [7, 11) is 8.76. The topological polar surface area (TPSA) is 291 Å². The number of ether oxygens (including phenoxy) is 8. The predicted octanol–water partition coefficient (Wildman–Crippen LogP) is 4.10. The third-order valence-corrected chi connectivity index (χ3v) is 16.6. The molecule has 3 saturated heterocycles. The van der Waals surface area contributed by atoms with Crippen molar-refractivity contribution < 1.29 is 86.2 Å². The molecular weight excluding hydrogens is 1140 g/mol. The summed E-state index contributed by atoms with van der Waals surface area (Å²) in [5.41, 5.74) is -1.28. The fourth-order valence-electron chi connectivity index (χ4n) is 10.3. The lowest BCUT2D eigenvalue weighted by atomic mass is 9.83. The molecule has 1 aromatic rings. The number of allylic oxidation sites excluding steroid dienone is 3. The van der Waals surface area contributed by atoms with Gasteiger partial charge >= 0.3 is 24.2 Å². The van der Waals surface area contributed by atoms with Gasteiger partial charge in [0.15, 0.2) is 5.72 Å². The zero-order chi connectivity index (χ0) is 61.8. The van der Waals surface area contributed by atoms with Gasteiger partial charge in [-0.05, 0) is 76.6 Å². The van der Waals surface area contributed by atoms with Crippen molar-refractivity contribution >= 4 is 83.7 Å². The number of amides is 8. The molecule has 11 atom stereocenters. The Morgan fingerprint density at radius 1 is 1.00 bits per heavy atom. The number of hydrogen-bond acceptors (Lipinski definition) is 19. The van der Waals surface area contributed by atoms with Crippen molar-refractivity contribution in [3.63, 3.8) is 0 Å². The second kappa shape index (κ2) is 29.6. The smallest absolute Gasteiger partial charge is 0.410 e. The molecule has 27 heteroatoms. The van der Waals surface area contributed by atoms with E-state index in [1.807, 2.05) is 19.1 Å². The van der Waals surface area contributed by atoms with E-state index in [1.165, 1.54) is 64.0 Å². The summed E-state index contributed by atoms with van der Waals surface area (Å²) in [5.74, 6) is -3.35. The molecule has 4 bridgehead atoms. The SMILES string of the molecule is COc1cc2cc(c1Cl)N(C)C(=O)C[C@H](OC(=O)[C@H](C)N(C)C(=O)CCOC(=O)N(C)CCN(C)C(=O)OC1/C=C/CC(OCC(=O)NCCN3C(=O)CC(S)C3=O)CCC1)[C@]1(C)O[C@H]1[C@H](C)[C@@H]1C[C@@](O)(NC(=O)O1)[C@H](OC)/C=C/C=C(\C)C2. The highest BCUT2D eigenvalue weighted by Gasteiger charge is 2.64. The lowest BCUT2D eigenvalue weighted by Gasteiger charge is -2.42. The maximum Gasteiger partial charge on any atom is 0.410 e. The van der Waals surface area contributed by atoms with Gasteiger partial charge in [-0.2, -0.15) is 12.6 Å². The highest BCUT2D eigenvalue weighted by molar-refractivity contribution is 7.81. The van der Waals surface area contributed by atoms with E-state index in [9.17, 15) is 48.3 Å². The fourth-order valence-corrected chi connectivity index (χ4v) is 10.9. The van der Waals surface area contributed by atoms with E-state index in [1.54, 1.807) is 44.2 Å². The monoisotopic (exact) mass is 1220 g/mol. The van der Waals surface area contributed by atoms with Crippen LogP contribution in [0.3, 0.4) is 0 Å². The first kappa shape index (κ1) is 66.7. The van der Waals surface area contributed by atoms with E-state index in [-0.39, 0.29) is 87.5 Å². The van der Waals surface area contributed by atoms with Crippen LogP contribution in [-0.2, 0) is 68.3 Å². The molecule has 3 fully saturated rings. The van der Waals surface area contributed by atoms with Crippen molar-refractivity contribution in [2.45, 2.75) is 145 Å². The Hall–Kier alpha value is -6.45. The predicted molar refractivity (Wildman–Crippen MR) is 307 cm³/mol. The number of thiol groups is 1. The molecule has 6 rings (SSSR count). The first-order chi connectivity index (χ1) is 39.7. The minimum absolute atomic E-state index is 0.0387. The minimum Gasteiger partial charge on any atom is -0.495 e. The highest BCUT2D eigenvalue weighted by Crippen LogP contribution is 2.49. The number of rotatable bonds is 18. The molecule has 5 aliphatic rings. The van der Waals surface area contributed by atoms with E-state index in [0.29, 0.717) is 43.5 Å². The summed E-state index contributed by atoms with van der Waals surface area (Å²) >= 11 is 10.9. The Bertz CT molecular complexity index is 2710. The van der Waals surface area contributed by atoms with Gasteiger partial charge in [0.05, 0.1) is 43.1 Å². The number of benzene rings is 1. The number of likely N-dealkylation sites (N-methyl/N-ethyl adjacent to an activating group) is 3. The number of alkyl carbamates (subject to hydrolysis) is 1. The number of methoxy groups -OCH3 is 2. The number of carbonyl (C=O) groups excluding carboxylic acids is 9. The van der Waals surface area contributed by atoms with Crippen LogP contribution in [0.15, 0.2) is 48.1 Å². The maximum absolute atomic E-state index is 14.4. The summed E-state index contributed by atoms with van der Waals surface area (Å²) in [4.78, 5) is 123. The van der Waals surface area contributed by atoms with Gasteiger partial charge in [-0.3, -0.25) is 34.2 Å². The average Bonchev–Trinajstić information content (AvgIpc) is 1.72. The molecule has 3 unspecified atom stereocenters. The Morgan fingerprint density at radius 2 is 1.71 bits per heavy atom. The third kappa shape index (κ3) is 17.1. The summed E-state index contributed by atoms with van der Waals surface area (Å²) in [6, 6.07) is 2.30. The van der Waals surface area contributed by atoms with Crippen LogP contribution < -0.4 is 20.3 Å². The van der Waals surface area contributed by atoms with Crippen LogP contribution >= 0.6 is 24.2 Å². The molecule has 1 aromatic carbocycles. The fraction of sp³-hybridized carbons (Fsp3) is 0.632. The van der Waals surface area contributed by atoms with Gasteiger partial charge in [0.2, 0.25) is 29.5 Å². The number of esters is 1. The minimum atomic E-state index is -1.90. The zero-order valence-electron chi connectivity index (χ0n) is 49.3. The summed E-state index contributed by atoms with van der Waals surface area (Å²) < 4.78 is 46.3. The van der Waals surface area contributed by atoms with E-state index >= 15 is 0 Å². The Labute approximate surface area is 499 Å². The van der Waals surface area contributed by atoms with Crippen LogP contribution in [0.4, 0.5) is 20.1 Å². The van der Waals surface area contributed by atoms with Crippen LogP contribution in [0.2, 0.25) is 5.02 Å². The number of fused-ring (bicyclic) bond motifs is 5. The van der Waals surface area contributed by atoms with E-state index in [0.717, 1.165) is 20.9 Å². The largest absolute Gasteiger partial charge is 0.495 e. The van der Waals surface area contributed by atoms with E-state index < -0.39 is 102 Å². The number of nitrogens with one attached hydrogen (secondary N) is 2. The first-order valence-electron chi connectivity index (χ1n) is 27.9. The normalized spacial score (nSPS) is 29.0. The second-order valence-corrected chi connectivity index (χ2v) is 23.0. The average molecular weight is 1220 g/mol. The number of likely N-dealkylation sites (tertiary alicyclic amines) is 1. The third-order valence-electron chi connectivity index (χ3n) is 15.8. The van der Waals surface area contributed by atoms with Crippen molar-refractivity contribution in [2.75, 3.05) is 86.7 Å². The highest BCUT2D eigenvalue weighted by atomic mass is 35.5. The maximum atomic E-state index is 14.4. The number of epoxide rings is 1. The van der Waals surface area contributed by atoms with Gasteiger partial charge in [0.1, 0.15) is 60.0 Å². The van der Waals surface area contributed by atoms with Gasteiger partial charge in [-0.15, -0.1) is 0 Å². The van der Waals surface area contributed by atoms with Crippen LogP contribution in [0.25, 0.3) is 0 Å². The van der Waals surface area contributed by atoms with E-state index in [2.05, 4.69) is 23.3 Å². The van der Waals surface area contributed by atoms with Crippen molar-refractivity contribution in [3.05, 3.63) is 58.7 Å². The van der Waals surface area contributed by atoms with Gasteiger partial charge < -0.3 is 67.9 Å². The molecular formula is C57H80ClN7O18S. The molecule has 0 aromatic heterocycles. The molecule has 84 heavy (non-hydrogen) atoms. The molecule has 3 N–H and O–H groups in total. The van der Waals surface area contributed by atoms with Crippen LogP contribution in [0.1, 0.15) is 84.6 Å². The zero-order valence-corrected chi connectivity index (χ0v) is 50.9. The van der Waals surface area contributed by atoms with Crippen molar-refractivity contribution in [1.29, 1.82) is 0 Å². The number of anilines is 1. The number of carbonyl (C=O) groups is 9. The Morgan fingerprint density at radius 3 is 2.39 bits per heavy atom. The lowest BCUT2D eigenvalue weighted by Crippen LogP contribution is -2.63. The molecule has 0 saturated carbocycles. The molecule has 4 heterocycles. The summed E-state index contributed by atoms with van der Waals surface area (Å²) in [6.45, 7) is 6.50. The number of nitrogens with zero attached hydrogens (tertiary/aromatic N) is 5. The summed E-state index contributed by atoms with van der Waals surface area (Å²) in [5, 5.41) is 16.5. The Kier molecular flexibility index (Phi) is 23.5. The van der Waals surface area contributed by atoms with Gasteiger partial charge in [0, 0.05) is 80.2 Å².